The molecule has 5 nitrogen and oxygen atoms in total. The highest BCUT2D eigenvalue weighted by Crippen LogP contribution is 2.25. The van der Waals surface area contributed by atoms with Crippen molar-refractivity contribution >= 4 is 32.3 Å². The first kappa shape index (κ1) is 17.0. The first-order valence-corrected chi connectivity index (χ1v) is 9.09. The van der Waals surface area contributed by atoms with Crippen molar-refractivity contribution < 1.29 is 17.9 Å². The third-order valence-electron chi connectivity index (χ3n) is 3.85. The molecule has 128 valence electrons. The summed E-state index contributed by atoms with van der Waals surface area (Å²) >= 11 is 0. The van der Waals surface area contributed by atoms with Gasteiger partial charge in [0.2, 0.25) is 0 Å². The highest BCUT2D eigenvalue weighted by atomic mass is 32.2. The fourth-order valence-corrected chi connectivity index (χ4v) is 3.60. The second-order valence-electron chi connectivity index (χ2n) is 5.62. The summed E-state index contributed by atoms with van der Waals surface area (Å²) in [5.41, 5.74) is 0.799. The van der Waals surface area contributed by atoms with E-state index in [9.17, 15) is 13.2 Å². The maximum absolute atomic E-state index is 12.6. The van der Waals surface area contributed by atoms with Crippen molar-refractivity contribution in [3.8, 4) is 5.75 Å². The van der Waals surface area contributed by atoms with E-state index in [4.69, 9.17) is 4.74 Å². The van der Waals surface area contributed by atoms with E-state index in [1.807, 2.05) is 12.1 Å². The number of hydrogen-bond donors (Lipinski definition) is 1. The molecule has 0 unspecified atom stereocenters. The van der Waals surface area contributed by atoms with Crippen LogP contribution in [0.15, 0.2) is 65.6 Å². The molecular weight excluding hydrogens is 338 g/mol. The van der Waals surface area contributed by atoms with Crippen molar-refractivity contribution in [2.24, 2.45) is 0 Å². The Morgan fingerprint density at radius 1 is 0.960 bits per heavy atom. The molecule has 1 N–H and O–H groups in total. The van der Waals surface area contributed by atoms with Crippen molar-refractivity contribution in [3.05, 3.63) is 66.2 Å². The molecule has 0 saturated heterocycles. The van der Waals surface area contributed by atoms with Gasteiger partial charge in [0, 0.05) is 11.3 Å². The molecule has 0 aliphatic rings. The number of carbonyl (C=O) groups excluding carboxylic acids is 1. The Balaban J connectivity index is 1.95. The molecule has 0 aromatic heterocycles. The van der Waals surface area contributed by atoms with Gasteiger partial charge in [0.1, 0.15) is 5.75 Å². The van der Waals surface area contributed by atoms with Crippen LogP contribution in [0.25, 0.3) is 10.8 Å². The summed E-state index contributed by atoms with van der Waals surface area (Å²) in [7, 11) is -2.17. The average molecular weight is 355 g/mol. The summed E-state index contributed by atoms with van der Waals surface area (Å²) in [4.78, 5) is 11.6. The normalized spacial score (nSPS) is 11.3. The van der Waals surface area contributed by atoms with Crippen LogP contribution in [0, 0.1) is 0 Å². The van der Waals surface area contributed by atoms with E-state index in [0.29, 0.717) is 17.0 Å². The van der Waals surface area contributed by atoms with Gasteiger partial charge in [-0.1, -0.05) is 24.3 Å². The second kappa shape index (κ2) is 6.57. The third kappa shape index (κ3) is 3.64. The summed E-state index contributed by atoms with van der Waals surface area (Å²) < 4.78 is 32.9. The highest BCUT2D eigenvalue weighted by molar-refractivity contribution is 7.92. The van der Waals surface area contributed by atoms with E-state index in [-0.39, 0.29) is 10.7 Å². The van der Waals surface area contributed by atoms with Crippen LogP contribution in [-0.4, -0.2) is 21.3 Å². The number of ether oxygens (including phenoxy) is 1. The number of ketones is 1. The maximum Gasteiger partial charge on any atom is 0.261 e. The molecule has 25 heavy (non-hydrogen) atoms. The first-order valence-electron chi connectivity index (χ1n) is 7.61. The van der Waals surface area contributed by atoms with E-state index < -0.39 is 10.0 Å². The summed E-state index contributed by atoms with van der Waals surface area (Å²) in [6.07, 6.45) is 0. The van der Waals surface area contributed by atoms with Crippen LogP contribution in [0.5, 0.6) is 5.75 Å². The van der Waals surface area contributed by atoms with Gasteiger partial charge < -0.3 is 4.74 Å². The Bertz CT molecular complexity index is 1060. The number of hydrogen-bond acceptors (Lipinski definition) is 4. The molecule has 0 aliphatic heterocycles. The number of methoxy groups -OCH3 is 1. The molecular formula is C19H17NO4S. The lowest BCUT2D eigenvalue weighted by molar-refractivity contribution is 0.101. The molecule has 3 aromatic carbocycles. The number of fused-ring (bicyclic) bond motifs is 1. The van der Waals surface area contributed by atoms with Crippen LogP contribution in [0.2, 0.25) is 0 Å². The standard InChI is InChI=1S/C19H17NO4S/c1-13(21)14-4-3-5-17(10-14)20-25(22,23)19-9-7-15-11-18(24-2)8-6-16(15)12-19/h3-12,20H,1-2H3. The van der Waals surface area contributed by atoms with Crippen molar-refractivity contribution in [1.29, 1.82) is 0 Å². The zero-order chi connectivity index (χ0) is 18.0. The molecule has 3 aromatic rings. The summed E-state index contributed by atoms with van der Waals surface area (Å²) in [5.74, 6) is 0.586. The Hall–Kier alpha value is -2.86. The lowest BCUT2D eigenvalue weighted by atomic mass is 10.1. The minimum absolute atomic E-state index is 0.124. The van der Waals surface area contributed by atoms with Crippen molar-refractivity contribution in [1.82, 2.24) is 0 Å². The van der Waals surface area contributed by atoms with Gasteiger partial charge in [0.15, 0.2) is 5.78 Å². The van der Waals surface area contributed by atoms with Gasteiger partial charge in [0.05, 0.1) is 12.0 Å². The van der Waals surface area contributed by atoms with Gasteiger partial charge in [-0.05, 0) is 54.1 Å². The smallest absolute Gasteiger partial charge is 0.261 e. The molecule has 0 fully saturated rings. The predicted octanol–water partition coefficient (Wildman–Crippen LogP) is 3.85. The number of rotatable bonds is 5. The van der Waals surface area contributed by atoms with Crippen molar-refractivity contribution in [2.75, 3.05) is 11.8 Å². The van der Waals surface area contributed by atoms with Gasteiger partial charge in [0.25, 0.3) is 10.0 Å². The number of anilines is 1. The molecule has 0 spiro atoms. The number of benzene rings is 3. The quantitative estimate of drug-likeness (QED) is 0.706. The second-order valence-corrected chi connectivity index (χ2v) is 7.30. The van der Waals surface area contributed by atoms with E-state index >= 15 is 0 Å². The van der Waals surface area contributed by atoms with Crippen molar-refractivity contribution in [3.63, 3.8) is 0 Å². The number of Topliss-reactive ketones (excluding diaryl/α,β-unsaturated/α-hetero) is 1. The average Bonchev–Trinajstić information content (AvgIpc) is 2.60. The summed E-state index contributed by atoms with van der Waals surface area (Å²) in [5, 5.41) is 1.68. The van der Waals surface area contributed by atoms with Gasteiger partial charge >= 0.3 is 0 Å². The molecule has 0 aliphatic carbocycles. The van der Waals surface area contributed by atoms with Crippen LogP contribution in [0.4, 0.5) is 5.69 Å². The molecule has 6 heteroatoms. The minimum atomic E-state index is -3.76. The van der Waals surface area contributed by atoms with Gasteiger partial charge in [-0.3, -0.25) is 9.52 Å². The topological polar surface area (TPSA) is 72.5 Å². The van der Waals surface area contributed by atoms with Crippen LogP contribution >= 0.6 is 0 Å². The molecule has 0 heterocycles. The van der Waals surface area contributed by atoms with E-state index in [2.05, 4.69) is 4.72 Å². The van der Waals surface area contributed by atoms with E-state index in [0.717, 1.165) is 10.8 Å². The van der Waals surface area contributed by atoms with E-state index in [1.165, 1.54) is 13.0 Å². The SMILES string of the molecule is COc1ccc2cc(S(=O)(=O)Nc3cccc(C(C)=O)c3)ccc2c1. The molecule has 0 saturated carbocycles. The number of nitrogens with one attached hydrogen (secondary N) is 1. The fourth-order valence-electron chi connectivity index (χ4n) is 2.51. The number of sulfonamides is 1. The lowest BCUT2D eigenvalue weighted by Crippen LogP contribution is -2.13. The van der Waals surface area contributed by atoms with Crippen LogP contribution in [0.3, 0.4) is 0 Å². The fraction of sp³-hybridized carbons (Fsp3) is 0.105. The zero-order valence-corrected chi connectivity index (χ0v) is 14.6. The first-order chi connectivity index (χ1) is 11.9. The van der Waals surface area contributed by atoms with Gasteiger partial charge in [-0.25, -0.2) is 8.42 Å². The number of carbonyl (C=O) groups is 1. The van der Waals surface area contributed by atoms with Crippen LogP contribution in [0.1, 0.15) is 17.3 Å². The Morgan fingerprint density at radius 3 is 2.40 bits per heavy atom. The van der Waals surface area contributed by atoms with Crippen LogP contribution in [-0.2, 0) is 10.0 Å². The molecule has 0 radical (unpaired) electrons. The highest BCUT2D eigenvalue weighted by Gasteiger charge is 2.15. The van der Waals surface area contributed by atoms with Crippen LogP contribution < -0.4 is 9.46 Å². The monoisotopic (exact) mass is 355 g/mol. The molecule has 0 bridgehead atoms. The Morgan fingerprint density at radius 2 is 1.68 bits per heavy atom. The third-order valence-corrected chi connectivity index (χ3v) is 5.23. The van der Waals surface area contributed by atoms with E-state index in [1.54, 1.807) is 49.6 Å². The summed E-state index contributed by atoms with van der Waals surface area (Å²) in [6.45, 7) is 1.44. The van der Waals surface area contributed by atoms with Gasteiger partial charge in [-0.15, -0.1) is 0 Å². The minimum Gasteiger partial charge on any atom is -0.497 e. The molecule has 0 amide bonds. The van der Waals surface area contributed by atoms with Crippen molar-refractivity contribution in [2.45, 2.75) is 11.8 Å². The summed E-state index contributed by atoms with van der Waals surface area (Å²) in [6, 6.07) is 16.7. The lowest BCUT2D eigenvalue weighted by Gasteiger charge is -2.10. The predicted molar refractivity (Wildman–Crippen MR) is 97.8 cm³/mol. The van der Waals surface area contributed by atoms with Gasteiger partial charge in [-0.2, -0.15) is 0 Å². The Labute approximate surface area is 146 Å². The molecule has 0 atom stereocenters. The zero-order valence-electron chi connectivity index (χ0n) is 13.8. The maximum atomic E-state index is 12.6. The Kier molecular flexibility index (Phi) is 4.46. The largest absolute Gasteiger partial charge is 0.497 e. The molecule has 3 rings (SSSR count).